The Balaban J connectivity index is 2.08. The van der Waals surface area contributed by atoms with E-state index in [1.807, 2.05) is 6.26 Å². The zero-order valence-corrected chi connectivity index (χ0v) is 13.4. The maximum absolute atomic E-state index is 11.7. The molecule has 7 heteroatoms. The van der Waals surface area contributed by atoms with Crippen LogP contribution in [0.3, 0.4) is 0 Å². The van der Waals surface area contributed by atoms with Crippen molar-refractivity contribution in [2.24, 2.45) is 0 Å². The Morgan fingerprint density at radius 3 is 3.00 bits per heavy atom. The molecule has 0 saturated carbocycles. The van der Waals surface area contributed by atoms with Gasteiger partial charge in [-0.05, 0) is 25.5 Å². The Labute approximate surface area is 127 Å². The van der Waals surface area contributed by atoms with E-state index >= 15 is 0 Å². The first-order chi connectivity index (χ1) is 9.67. The minimum absolute atomic E-state index is 0.239. The number of hydrogen-bond acceptors (Lipinski definition) is 7. The van der Waals surface area contributed by atoms with Crippen LogP contribution in [0.1, 0.15) is 28.9 Å². The van der Waals surface area contributed by atoms with Gasteiger partial charge in [-0.3, -0.25) is 0 Å². The van der Waals surface area contributed by atoms with E-state index in [1.54, 1.807) is 0 Å². The number of thiophene rings is 1. The summed E-state index contributed by atoms with van der Waals surface area (Å²) in [6, 6.07) is 0. The summed E-state index contributed by atoms with van der Waals surface area (Å²) >= 11 is 2.88. The monoisotopic (exact) mass is 316 g/mol. The lowest BCUT2D eigenvalue weighted by Gasteiger charge is -2.23. The SMILES string of the molecule is COC(=O)c1sc(NCC2CCCCO2)c(SC)c1N. The molecule has 0 aromatic carbocycles. The van der Waals surface area contributed by atoms with Crippen LogP contribution in [0.25, 0.3) is 0 Å². The highest BCUT2D eigenvalue weighted by Crippen LogP contribution is 2.42. The molecule has 1 aliphatic heterocycles. The summed E-state index contributed by atoms with van der Waals surface area (Å²) in [5.41, 5.74) is 6.52. The summed E-state index contributed by atoms with van der Waals surface area (Å²) < 4.78 is 10.4. The van der Waals surface area contributed by atoms with E-state index in [9.17, 15) is 4.79 Å². The number of hydrogen-bond donors (Lipinski definition) is 2. The molecule has 2 rings (SSSR count). The number of nitrogens with two attached hydrogens (primary N) is 1. The molecule has 1 aliphatic rings. The summed E-state index contributed by atoms with van der Waals surface area (Å²) in [5, 5.41) is 4.28. The van der Waals surface area contributed by atoms with Gasteiger partial charge in [-0.2, -0.15) is 0 Å². The van der Waals surface area contributed by atoms with Gasteiger partial charge in [-0.15, -0.1) is 23.1 Å². The van der Waals surface area contributed by atoms with E-state index in [1.165, 1.54) is 36.6 Å². The third-order valence-corrected chi connectivity index (χ3v) is 5.34. The summed E-state index contributed by atoms with van der Waals surface area (Å²) in [4.78, 5) is 13.0. The maximum Gasteiger partial charge on any atom is 0.350 e. The number of thioether (sulfide) groups is 1. The molecular weight excluding hydrogens is 296 g/mol. The zero-order chi connectivity index (χ0) is 14.5. The molecule has 1 fully saturated rings. The van der Waals surface area contributed by atoms with Gasteiger partial charge in [0.2, 0.25) is 0 Å². The average molecular weight is 316 g/mol. The Morgan fingerprint density at radius 2 is 2.40 bits per heavy atom. The van der Waals surface area contributed by atoms with Crippen molar-refractivity contribution in [3.8, 4) is 0 Å². The van der Waals surface area contributed by atoms with Crippen LogP contribution >= 0.6 is 23.1 Å². The van der Waals surface area contributed by atoms with E-state index in [-0.39, 0.29) is 12.1 Å². The minimum atomic E-state index is -0.384. The lowest BCUT2D eigenvalue weighted by atomic mass is 10.1. The van der Waals surface area contributed by atoms with Crippen LogP contribution in [0.2, 0.25) is 0 Å². The second-order valence-electron chi connectivity index (χ2n) is 4.57. The van der Waals surface area contributed by atoms with E-state index < -0.39 is 0 Å². The fraction of sp³-hybridized carbons (Fsp3) is 0.615. The van der Waals surface area contributed by atoms with Crippen molar-refractivity contribution in [2.75, 3.05) is 37.6 Å². The van der Waals surface area contributed by atoms with Crippen molar-refractivity contribution < 1.29 is 14.3 Å². The molecule has 20 heavy (non-hydrogen) atoms. The van der Waals surface area contributed by atoms with Crippen molar-refractivity contribution in [2.45, 2.75) is 30.3 Å². The Hall–Kier alpha value is -0.920. The first-order valence-corrected chi connectivity index (χ1v) is 8.61. The van der Waals surface area contributed by atoms with Crippen molar-refractivity contribution >= 4 is 39.8 Å². The predicted molar refractivity (Wildman–Crippen MR) is 83.9 cm³/mol. The van der Waals surface area contributed by atoms with Gasteiger partial charge in [0.1, 0.15) is 9.88 Å². The van der Waals surface area contributed by atoms with Gasteiger partial charge < -0.3 is 20.5 Å². The van der Waals surface area contributed by atoms with Crippen LogP contribution in [0.15, 0.2) is 4.90 Å². The van der Waals surface area contributed by atoms with Crippen molar-refractivity contribution in [3.63, 3.8) is 0 Å². The van der Waals surface area contributed by atoms with Crippen LogP contribution in [-0.4, -0.2) is 38.6 Å². The number of carbonyl (C=O) groups is 1. The van der Waals surface area contributed by atoms with Crippen LogP contribution in [0.5, 0.6) is 0 Å². The molecule has 1 atom stereocenters. The number of carbonyl (C=O) groups excluding carboxylic acids is 1. The molecule has 0 aliphatic carbocycles. The fourth-order valence-corrected chi connectivity index (χ4v) is 4.13. The lowest BCUT2D eigenvalue weighted by molar-refractivity contribution is 0.0248. The number of ether oxygens (including phenoxy) is 2. The van der Waals surface area contributed by atoms with E-state index in [0.29, 0.717) is 10.6 Å². The molecule has 112 valence electrons. The second-order valence-corrected chi connectivity index (χ2v) is 6.41. The molecule has 3 N–H and O–H groups in total. The molecule has 1 unspecified atom stereocenters. The number of anilines is 2. The van der Waals surface area contributed by atoms with Gasteiger partial charge in [0.05, 0.1) is 23.8 Å². The topological polar surface area (TPSA) is 73.6 Å². The Bertz CT molecular complexity index is 470. The fourth-order valence-electron chi connectivity index (χ4n) is 2.17. The molecular formula is C13H20N2O3S2. The highest BCUT2D eigenvalue weighted by molar-refractivity contribution is 7.99. The highest BCUT2D eigenvalue weighted by atomic mass is 32.2. The van der Waals surface area contributed by atoms with E-state index in [2.05, 4.69) is 5.32 Å². The molecule has 1 aromatic rings. The van der Waals surface area contributed by atoms with Gasteiger partial charge >= 0.3 is 5.97 Å². The van der Waals surface area contributed by atoms with Gasteiger partial charge in [-0.1, -0.05) is 0 Å². The number of methoxy groups -OCH3 is 1. The van der Waals surface area contributed by atoms with Gasteiger partial charge in [-0.25, -0.2) is 4.79 Å². The summed E-state index contributed by atoms with van der Waals surface area (Å²) in [6.45, 7) is 1.58. The molecule has 0 amide bonds. The first kappa shape index (κ1) is 15.5. The molecule has 2 heterocycles. The van der Waals surface area contributed by atoms with Crippen LogP contribution in [-0.2, 0) is 9.47 Å². The largest absolute Gasteiger partial charge is 0.465 e. The predicted octanol–water partition coefficient (Wildman–Crippen LogP) is 2.82. The van der Waals surface area contributed by atoms with E-state index in [0.717, 1.165) is 35.9 Å². The normalized spacial score (nSPS) is 18.8. The standard InChI is InChI=1S/C13H20N2O3S2/c1-17-13(16)11-9(14)10(19-2)12(20-11)15-7-8-5-3-4-6-18-8/h8,15H,3-7,14H2,1-2H3. The average Bonchev–Trinajstić information content (AvgIpc) is 2.81. The van der Waals surface area contributed by atoms with Gasteiger partial charge in [0.15, 0.2) is 0 Å². The first-order valence-electron chi connectivity index (χ1n) is 6.57. The number of nitrogen functional groups attached to an aromatic ring is 1. The summed E-state index contributed by atoms with van der Waals surface area (Å²) in [6.07, 6.45) is 5.62. The third-order valence-electron chi connectivity index (χ3n) is 3.24. The molecule has 0 radical (unpaired) electrons. The van der Waals surface area contributed by atoms with Crippen LogP contribution in [0.4, 0.5) is 10.7 Å². The Kier molecular flexibility index (Phi) is 5.56. The molecule has 5 nitrogen and oxygen atoms in total. The third kappa shape index (κ3) is 3.39. The second kappa shape index (κ2) is 7.19. The number of nitrogens with one attached hydrogen (secondary N) is 1. The highest BCUT2D eigenvalue weighted by Gasteiger charge is 2.22. The molecule has 1 aromatic heterocycles. The summed E-state index contributed by atoms with van der Waals surface area (Å²) in [5.74, 6) is -0.384. The van der Waals surface area contributed by atoms with Crippen LogP contribution in [0, 0.1) is 0 Å². The quantitative estimate of drug-likeness (QED) is 0.643. The zero-order valence-electron chi connectivity index (χ0n) is 11.7. The molecule has 0 bridgehead atoms. The Morgan fingerprint density at radius 1 is 1.60 bits per heavy atom. The van der Waals surface area contributed by atoms with Crippen molar-refractivity contribution in [3.05, 3.63) is 4.88 Å². The summed E-state index contributed by atoms with van der Waals surface area (Å²) in [7, 11) is 1.36. The van der Waals surface area contributed by atoms with Crippen LogP contribution < -0.4 is 11.1 Å². The molecule has 0 spiro atoms. The van der Waals surface area contributed by atoms with Gasteiger partial charge in [0.25, 0.3) is 0 Å². The number of esters is 1. The lowest BCUT2D eigenvalue weighted by Crippen LogP contribution is -2.26. The number of rotatable bonds is 5. The molecule has 1 saturated heterocycles. The van der Waals surface area contributed by atoms with Crippen molar-refractivity contribution in [1.29, 1.82) is 0 Å². The smallest absolute Gasteiger partial charge is 0.350 e. The maximum atomic E-state index is 11.7. The van der Waals surface area contributed by atoms with E-state index in [4.69, 9.17) is 15.2 Å². The van der Waals surface area contributed by atoms with Gasteiger partial charge in [0, 0.05) is 13.2 Å². The van der Waals surface area contributed by atoms with Crippen molar-refractivity contribution in [1.82, 2.24) is 0 Å². The minimum Gasteiger partial charge on any atom is -0.465 e.